The Bertz CT molecular complexity index is 1190. The van der Waals surface area contributed by atoms with Gasteiger partial charge in [-0.3, -0.25) is 14.7 Å². The number of piperidine rings is 1. The van der Waals surface area contributed by atoms with Crippen molar-refractivity contribution in [3.8, 4) is 17.3 Å². The summed E-state index contributed by atoms with van der Waals surface area (Å²) in [5, 5.41) is 13.7. The van der Waals surface area contributed by atoms with E-state index in [-0.39, 0.29) is 11.5 Å². The lowest BCUT2D eigenvalue weighted by molar-refractivity contribution is 0.185. The topological polar surface area (TPSA) is 97.2 Å². The molecule has 1 aliphatic heterocycles. The highest BCUT2D eigenvalue weighted by Crippen LogP contribution is 2.20. The highest BCUT2D eigenvalue weighted by atomic mass is 16.1. The predicted octanol–water partition coefficient (Wildman–Crippen LogP) is 3.99. The third-order valence-electron chi connectivity index (χ3n) is 5.78. The molecule has 1 saturated heterocycles. The molecule has 1 aromatic heterocycles. The SMILES string of the molecule is CC1CCN(Cc2ccccc2C=NNc2nc(-c3ccccc3)c(C#N)c(=O)[nH]2)CC1. The minimum atomic E-state index is -0.501. The molecule has 0 radical (unpaired) electrons. The molecule has 2 aromatic carbocycles. The number of nitrogens with zero attached hydrogens (tertiary/aromatic N) is 4. The number of hydrogen-bond donors (Lipinski definition) is 2. The van der Waals surface area contributed by atoms with Crippen molar-refractivity contribution in [3.05, 3.63) is 81.6 Å². The van der Waals surface area contributed by atoms with Crippen molar-refractivity contribution in [2.45, 2.75) is 26.3 Å². The lowest BCUT2D eigenvalue weighted by atomic mass is 9.98. The second-order valence-corrected chi connectivity index (χ2v) is 8.14. The summed E-state index contributed by atoms with van der Waals surface area (Å²) in [4.78, 5) is 21.9. The molecule has 32 heavy (non-hydrogen) atoms. The van der Waals surface area contributed by atoms with E-state index in [9.17, 15) is 10.1 Å². The summed E-state index contributed by atoms with van der Waals surface area (Å²) in [7, 11) is 0. The molecule has 2 N–H and O–H groups in total. The van der Waals surface area contributed by atoms with Crippen LogP contribution in [0.15, 0.2) is 64.5 Å². The molecule has 7 nitrogen and oxygen atoms in total. The van der Waals surface area contributed by atoms with E-state index in [0.717, 1.165) is 31.1 Å². The van der Waals surface area contributed by atoms with E-state index in [1.54, 1.807) is 6.21 Å². The largest absolute Gasteiger partial charge is 0.299 e. The van der Waals surface area contributed by atoms with Gasteiger partial charge in [0.1, 0.15) is 11.6 Å². The number of anilines is 1. The molecule has 7 heteroatoms. The lowest BCUT2D eigenvalue weighted by Crippen LogP contribution is -2.32. The van der Waals surface area contributed by atoms with E-state index < -0.39 is 5.56 Å². The van der Waals surface area contributed by atoms with Crippen molar-refractivity contribution in [2.24, 2.45) is 11.0 Å². The number of hydrazone groups is 1. The van der Waals surface area contributed by atoms with Gasteiger partial charge in [0.15, 0.2) is 0 Å². The number of aromatic nitrogens is 2. The molecule has 0 atom stereocenters. The average Bonchev–Trinajstić information content (AvgIpc) is 2.82. The molecular formula is C25H26N6O. The van der Waals surface area contributed by atoms with Crippen LogP contribution in [-0.4, -0.2) is 34.2 Å². The number of aromatic amines is 1. The second-order valence-electron chi connectivity index (χ2n) is 8.14. The van der Waals surface area contributed by atoms with Crippen LogP contribution in [0.1, 0.15) is 36.5 Å². The number of hydrogen-bond acceptors (Lipinski definition) is 6. The van der Waals surface area contributed by atoms with Gasteiger partial charge in [-0.05, 0) is 43.0 Å². The van der Waals surface area contributed by atoms with Crippen LogP contribution in [-0.2, 0) is 6.54 Å². The van der Waals surface area contributed by atoms with Gasteiger partial charge in [-0.15, -0.1) is 0 Å². The third-order valence-corrected chi connectivity index (χ3v) is 5.78. The van der Waals surface area contributed by atoms with E-state index in [4.69, 9.17) is 0 Å². The number of nitrogens with one attached hydrogen (secondary N) is 2. The summed E-state index contributed by atoms with van der Waals surface area (Å²) >= 11 is 0. The number of likely N-dealkylation sites (tertiary alicyclic amines) is 1. The fourth-order valence-corrected chi connectivity index (χ4v) is 3.86. The Morgan fingerprint density at radius 1 is 1.19 bits per heavy atom. The summed E-state index contributed by atoms with van der Waals surface area (Å²) < 4.78 is 0. The van der Waals surface area contributed by atoms with Gasteiger partial charge in [0.2, 0.25) is 5.95 Å². The minimum Gasteiger partial charge on any atom is -0.299 e. The molecule has 0 amide bonds. The summed E-state index contributed by atoms with van der Waals surface area (Å²) in [5.74, 6) is 0.988. The van der Waals surface area contributed by atoms with Gasteiger partial charge in [-0.2, -0.15) is 10.4 Å². The average molecular weight is 427 g/mol. The summed E-state index contributed by atoms with van der Waals surface area (Å²) in [6.45, 7) is 5.43. The summed E-state index contributed by atoms with van der Waals surface area (Å²) in [6, 6.07) is 19.3. The smallest absolute Gasteiger partial charge is 0.270 e. The maximum atomic E-state index is 12.4. The first-order valence-corrected chi connectivity index (χ1v) is 10.8. The Kier molecular flexibility index (Phi) is 6.73. The first-order chi connectivity index (χ1) is 15.6. The van der Waals surface area contributed by atoms with Crippen LogP contribution in [0.2, 0.25) is 0 Å². The Hall–Kier alpha value is -3.76. The highest BCUT2D eigenvalue weighted by molar-refractivity contribution is 5.82. The van der Waals surface area contributed by atoms with Crippen molar-refractivity contribution < 1.29 is 0 Å². The van der Waals surface area contributed by atoms with E-state index in [1.165, 1.54) is 18.4 Å². The van der Waals surface area contributed by atoms with Crippen molar-refractivity contribution in [1.82, 2.24) is 14.9 Å². The maximum absolute atomic E-state index is 12.4. The van der Waals surface area contributed by atoms with Crippen LogP contribution in [0.4, 0.5) is 5.95 Å². The van der Waals surface area contributed by atoms with Gasteiger partial charge in [0.25, 0.3) is 5.56 Å². The molecule has 1 fully saturated rings. The fourth-order valence-electron chi connectivity index (χ4n) is 3.86. The van der Waals surface area contributed by atoms with E-state index in [1.807, 2.05) is 54.6 Å². The Balaban J connectivity index is 1.52. The number of benzene rings is 2. The molecule has 1 aliphatic rings. The molecular weight excluding hydrogens is 400 g/mol. The van der Waals surface area contributed by atoms with Gasteiger partial charge in [-0.25, -0.2) is 10.4 Å². The normalized spacial score (nSPS) is 15.0. The van der Waals surface area contributed by atoms with Crippen LogP contribution >= 0.6 is 0 Å². The number of nitriles is 1. The van der Waals surface area contributed by atoms with Crippen molar-refractivity contribution >= 4 is 12.2 Å². The fraction of sp³-hybridized carbons (Fsp3) is 0.280. The number of rotatable bonds is 6. The standard InChI is InChI=1S/C25H26N6O/c1-18-11-13-31(14-12-18)17-21-10-6-5-9-20(21)16-27-30-25-28-23(19-7-3-2-4-8-19)22(15-26)24(32)29-25/h2-10,16,18H,11-14,17H2,1H3,(H2,28,29,30,32). The molecule has 0 bridgehead atoms. The van der Waals surface area contributed by atoms with Crippen LogP contribution < -0.4 is 11.0 Å². The summed E-state index contributed by atoms with van der Waals surface area (Å²) in [5.41, 5.74) is 5.53. The molecule has 3 aromatic rings. The first kappa shape index (κ1) is 21.5. The zero-order valence-corrected chi connectivity index (χ0v) is 18.1. The molecule has 0 saturated carbocycles. The highest BCUT2D eigenvalue weighted by Gasteiger charge is 2.16. The van der Waals surface area contributed by atoms with E-state index in [0.29, 0.717) is 11.3 Å². The third kappa shape index (κ3) is 5.10. The van der Waals surface area contributed by atoms with Crippen LogP contribution in [0, 0.1) is 17.2 Å². The van der Waals surface area contributed by atoms with Crippen LogP contribution in [0.3, 0.4) is 0 Å². The van der Waals surface area contributed by atoms with Crippen LogP contribution in [0.25, 0.3) is 11.3 Å². The molecule has 0 aliphatic carbocycles. The van der Waals surface area contributed by atoms with Crippen LogP contribution in [0.5, 0.6) is 0 Å². The van der Waals surface area contributed by atoms with Gasteiger partial charge in [-0.1, -0.05) is 61.5 Å². The Morgan fingerprint density at radius 3 is 2.66 bits per heavy atom. The molecule has 0 unspecified atom stereocenters. The van der Waals surface area contributed by atoms with E-state index in [2.05, 4.69) is 38.4 Å². The van der Waals surface area contributed by atoms with Gasteiger partial charge in [0, 0.05) is 12.1 Å². The van der Waals surface area contributed by atoms with Gasteiger partial charge < -0.3 is 0 Å². The van der Waals surface area contributed by atoms with Crippen molar-refractivity contribution in [1.29, 1.82) is 5.26 Å². The van der Waals surface area contributed by atoms with Crippen molar-refractivity contribution in [2.75, 3.05) is 18.5 Å². The Morgan fingerprint density at radius 2 is 1.91 bits per heavy atom. The predicted molar refractivity (Wildman–Crippen MR) is 126 cm³/mol. The second kappa shape index (κ2) is 10.0. The first-order valence-electron chi connectivity index (χ1n) is 10.8. The van der Waals surface area contributed by atoms with Gasteiger partial charge >= 0.3 is 0 Å². The molecule has 0 spiro atoms. The number of H-pyrrole nitrogens is 1. The molecule has 162 valence electrons. The lowest BCUT2D eigenvalue weighted by Gasteiger charge is -2.30. The minimum absolute atomic E-state index is 0.0214. The summed E-state index contributed by atoms with van der Waals surface area (Å²) in [6.07, 6.45) is 4.21. The van der Waals surface area contributed by atoms with Crippen molar-refractivity contribution in [3.63, 3.8) is 0 Å². The quantitative estimate of drug-likeness (QED) is 0.459. The molecule has 4 rings (SSSR count). The van der Waals surface area contributed by atoms with E-state index >= 15 is 0 Å². The van der Waals surface area contributed by atoms with Gasteiger partial charge in [0.05, 0.1) is 11.9 Å². The monoisotopic (exact) mass is 426 g/mol. The zero-order valence-electron chi connectivity index (χ0n) is 18.1. The Labute approximate surface area is 187 Å². The zero-order chi connectivity index (χ0) is 22.3. The molecule has 2 heterocycles. The maximum Gasteiger partial charge on any atom is 0.270 e.